The largest absolute Gasteiger partial charge is 0.462 e. The molecule has 0 unspecified atom stereocenters. The third kappa shape index (κ3) is 5.51. The summed E-state index contributed by atoms with van der Waals surface area (Å²) in [7, 11) is 0. The van der Waals surface area contributed by atoms with Crippen molar-refractivity contribution in [3.8, 4) is 0 Å². The van der Waals surface area contributed by atoms with Crippen molar-refractivity contribution in [2.75, 3.05) is 24.6 Å². The maximum Gasteiger partial charge on any atom is 0.336 e. The number of hydrogen-bond donors (Lipinski definition) is 1. The molecule has 2 aliphatic rings. The maximum atomic E-state index is 13.4. The van der Waals surface area contributed by atoms with Crippen molar-refractivity contribution in [3.05, 3.63) is 52.4 Å². The highest BCUT2D eigenvalue weighted by molar-refractivity contribution is 6.04. The number of Topliss-reactive ketones (excluding diaryl/α,β-unsaturated/α-hetero) is 1. The number of ketones is 1. The number of benzene rings is 1. The van der Waals surface area contributed by atoms with Crippen molar-refractivity contribution in [2.45, 2.75) is 79.6 Å². The second-order valence-electron chi connectivity index (χ2n) is 10.0. The molecule has 1 aromatic rings. The summed E-state index contributed by atoms with van der Waals surface area (Å²) in [6, 6.07) is 8.33. The Hall–Kier alpha value is -2.56. The Bertz CT molecular complexity index is 936. The third-order valence-corrected chi connectivity index (χ3v) is 6.80. The molecule has 33 heavy (non-hydrogen) atoms. The standard InChI is InChI=1S/C28H40N2O3/c1-7-10-11-16-33-27(32)24-19(4)29-22-17-28(5,6)18-23(31)26(22)25(24)20-12-14-21(15-13-20)30(8-2)9-3/h12-15,25,29H,7-11,16-18H2,1-6H3/t25-/m1/s1. The Labute approximate surface area is 199 Å². The number of hydrogen-bond acceptors (Lipinski definition) is 5. The van der Waals surface area contributed by atoms with Crippen LogP contribution < -0.4 is 10.2 Å². The molecular formula is C28H40N2O3. The number of anilines is 1. The first kappa shape index (κ1) is 25.1. The number of nitrogens with one attached hydrogen (secondary N) is 1. The van der Waals surface area contributed by atoms with E-state index in [1.807, 2.05) is 6.92 Å². The zero-order valence-corrected chi connectivity index (χ0v) is 21.2. The summed E-state index contributed by atoms with van der Waals surface area (Å²) < 4.78 is 5.68. The Balaban J connectivity index is 2.02. The molecule has 5 nitrogen and oxygen atoms in total. The number of carbonyl (C=O) groups excluding carboxylic acids is 2. The molecule has 0 aromatic heterocycles. The highest BCUT2D eigenvalue weighted by Gasteiger charge is 2.43. The Morgan fingerprint density at radius 2 is 1.76 bits per heavy atom. The number of nitrogens with zero attached hydrogens (tertiary/aromatic N) is 1. The van der Waals surface area contributed by atoms with E-state index in [0.29, 0.717) is 18.6 Å². The van der Waals surface area contributed by atoms with Gasteiger partial charge in [-0.15, -0.1) is 0 Å². The Kier molecular flexibility index (Phi) is 8.04. The number of rotatable bonds is 9. The van der Waals surface area contributed by atoms with Gasteiger partial charge in [-0.05, 0) is 56.7 Å². The molecule has 1 aliphatic heterocycles. The first-order chi connectivity index (χ1) is 15.7. The number of dihydropyridines is 1. The summed E-state index contributed by atoms with van der Waals surface area (Å²) in [6.07, 6.45) is 4.23. The molecule has 1 heterocycles. The fourth-order valence-electron chi connectivity index (χ4n) is 5.10. The van der Waals surface area contributed by atoms with Crippen molar-refractivity contribution < 1.29 is 14.3 Å². The average Bonchev–Trinajstić information content (AvgIpc) is 2.76. The van der Waals surface area contributed by atoms with Crippen LogP contribution in [0.1, 0.15) is 85.1 Å². The lowest BCUT2D eigenvalue weighted by molar-refractivity contribution is -0.139. The highest BCUT2D eigenvalue weighted by atomic mass is 16.5. The van der Waals surface area contributed by atoms with Gasteiger partial charge in [0, 0.05) is 48.1 Å². The Morgan fingerprint density at radius 3 is 2.36 bits per heavy atom. The van der Waals surface area contributed by atoms with E-state index in [1.165, 1.54) is 0 Å². The summed E-state index contributed by atoms with van der Waals surface area (Å²) in [5.41, 5.74) is 5.05. The van der Waals surface area contributed by atoms with Gasteiger partial charge in [0.1, 0.15) is 0 Å². The van der Waals surface area contributed by atoms with Crippen molar-refractivity contribution >= 4 is 17.4 Å². The molecule has 0 bridgehead atoms. The van der Waals surface area contributed by atoms with Crippen LogP contribution in [0.3, 0.4) is 0 Å². The number of unbranched alkanes of at least 4 members (excludes halogenated alkanes) is 2. The average molecular weight is 453 g/mol. The van der Waals surface area contributed by atoms with Crippen LogP contribution in [-0.4, -0.2) is 31.4 Å². The van der Waals surface area contributed by atoms with Crippen molar-refractivity contribution in [1.82, 2.24) is 5.32 Å². The maximum absolute atomic E-state index is 13.4. The topological polar surface area (TPSA) is 58.6 Å². The molecule has 1 atom stereocenters. The van der Waals surface area contributed by atoms with E-state index in [0.717, 1.165) is 67.0 Å². The van der Waals surface area contributed by atoms with Gasteiger partial charge in [0.05, 0.1) is 12.2 Å². The van der Waals surface area contributed by atoms with Crippen LogP contribution in [0.25, 0.3) is 0 Å². The zero-order valence-electron chi connectivity index (χ0n) is 21.2. The normalized spacial score (nSPS) is 19.8. The van der Waals surface area contributed by atoms with E-state index in [2.05, 4.69) is 69.1 Å². The van der Waals surface area contributed by atoms with Gasteiger partial charge >= 0.3 is 5.97 Å². The van der Waals surface area contributed by atoms with Gasteiger partial charge < -0.3 is 15.0 Å². The molecule has 1 N–H and O–H groups in total. The van der Waals surface area contributed by atoms with Crippen LogP contribution in [0.15, 0.2) is 46.8 Å². The van der Waals surface area contributed by atoms with Crippen LogP contribution in [0, 0.1) is 5.41 Å². The van der Waals surface area contributed by atoms with Gasteiger partial charge in [-0.25, -0.2) is 4.79 Å². The minimum atomic E-state index is -0.394. The van der Waals surface area contributed by atoms with Gasteiger partial charge in [-0.3, -0.25) is 4.79 Å². The van der Waals surface area contributed by atoms with Crippen molar-refractivity contribution in [3.63, 3.8) is 0 Å². The minimum absolute atomic E-state index is 0.0987. The number of ether oxygens (including phenoxy) is 1. The monoisotopic (exact) mass is 452 g/mol. The third-order valence-electron chi connectivity index (χ3n) is 6.80. The molecule has 1 aromatic carbocycles. The van der Waals surface area contributed by atoms with E-state index in [4.69, 9.17) is 4.74 Å². The number of carbonyl (C=O) groups is 2. The Morgan fingerprint density at radius 1 is 1.09 bits per heavy atom. The first-order valence-electron chi connectivity index (χ1n) is 12.5. The van der Waals surface area contributed by atoms with Crippen LogP contribution in [0.5, 0.6) is 0 Å². The van der Waals surface area contributed by atoms with Crippen LogP contribution in [0.4, 0.5) is 5.69 Å². The van der Waals surface area contributed by atoms with E-state index in [-0.39, 0.29) is 17.2 Å². The zero-order chi connectivity index (χ0) is 24.2. The van der Waals surface area contributed by atoms with E-state index >= 15 is 0 Å². The molecule has 0 radical (unpaired) electrons. The van der Waals surface area contributed by atoms with Crippen LogP contribution in [0.2, 0.25) is 0 Å². The van der Waals surface area contributed by atoms with Gasteiger partial charge in [0.2, 0.25) is 0 Å². The highest BCUT2D eigenvalue weighted by Crippen LogP contribution is 2.47. The number of esters is 1. The fraction of sp³-hybridized carbons (Fsp3) is 0.571. The molecule has 5 heteroatoms. The molecule has 0 spiro atoms. The predicted molar refractivity (Wildman–Crippen MR) is 134 cm³/mol. The van der Waals surface area contributed by atoms with Gasteiger partial charge in [-0.2, -0.15) is 0 Å². The second-order valence-corrected chi connectivity index (χ2v) is 10.0. The van der Waals surface area contributed by atoms with Gasteiger partial charge in [0.15, 0.2) is 5.78 Å². The molecular weight excluding hydrogens is 412 g/mol. The van der Waals surface area contributed by atoms with Crippen molar-refractivity contribution in [1.29, 1.82) is 0 Å². The summed E-state index contributed by atoms with van der Waals surface area (Å²) in [5.74, 6) is -0.595. The molecule has 0 saturated carbocycles. The van der Waals surface area contributed by atoms with E-state index < -0.39 is 5.92 Å². The lowest BCUT2D eigenvalue weighted by atomic mass is 9.68. The molecule has 0 fully saturated rings. The smallest absolute Gasteiger partial charge is 0.336 e. The van der Waals surface area contributed by atoms with Crippen LogP contribution in [-0.2, 0) is 14.3 Å². The molecule has 180 valence electrons. The van der Waals surface area contributed by atoms with Gasteiger partial charge in [0.25, 0.3) is 0 Å². The first-order valence-corrected chi connectivity index (χ1v) is 12.5. The van der Waals surface area contributed by atoms with Crippen LogP contribution >= 0.6 is 0 Å². The lowest BCUT2D eigenvalue weighted by Gasteiger charge is -2.39. The second kappa shape index (κ2) is 10.6. The molecule has 0 amide bonds. The quantitative estimate of drug-likeness (QED) is 0.375. The summed E-state index contributed by atoms with van der Waals surface area (Å²) in [5, 5.41) is 3.41. The van der Waals surface area contributed by atoms with E-state index in [9.17, 15) is 9.59 Å². The SMILES string of the molecule is CCCCCOC(=O)C1=C(C)NC2=C(C(=O)CC(C)(C)C2)[C@@H]1c1ccc(N(CC)CC)cc1. The summed E-state index contributed by atoms with van der Waals surface area (Å²) >= 11 is 0. The lowest BCUT2D eigenvalue weighted by Crippen LogP contribution is -2.38. The summed E-state index contributed by atoms with van der Waals surface area (Å²) in [4.78, 5) is 28.9. The summed E-state index contributed by atoms with van der Waals surface area (Å²) in [6.45, 7) is 14.9. The minimum Gasteiger partial charge on any atom is -0.462 e. The fourth-order valence-corrected chi connectivity index (χ4v) is 5.10. The van der Waals surface area contributed by atoms with Gasteiger partial charge in [-0.1, -0.05) is 45.7 Å². The molecule has 1 aliphatic carbocycles. The molecule has 3 rings (SSSR count). The van der Waals surface area contributed by atoms with Crippen molar-refractivity contribution in [2.24, 2.45) is 5.41 Å². The molecule has 0 saturated heterocycles. The predicted octanol–water partition coefficient (Wildman–Crippen LogP) is 5.87. The number of allylic oxidation sites excluding steroid dienone is 3. The van der Waals surface area contributed by atoms with E-state index in [1.54, 1.807) is 0 Å².